The van der Waals surface area contributed by atoms with Gasteiger partial charge in [0.05, 0.1) is 18.8 Å². The Bertz CT molecular complexity index is 637. The zero-order valence-electron chi connectivity index (χ0n) is 9.77. The van der Waals surface area contributed by atoms with Gasteiger partial charge in [0, 0.05) is 5.39 Å². The van der Waals surface area contributed by atoms with Crippen molar-refractivity contribution in [3.05, 3.63) is 27.9 Å². The van der Waals surface area contributed by atoms with E-state index in [1.807, 2.05) is 6.92 Å². The lowest BCUT2D eigenvalue weighted by molar-refractivity contribution is 0.276. The van der Waals surface area contributed by atoms with Crippen LogP contribution in [0.15, 0.2) is 10.9 Å². The van der Waals surface area contributed by atoms with Gasteiger partial charge in [-0.05, 0) is 19.3 Å². The van der Waals surface area contributed by atoms with Crippen LogP contribution in [-0.2, 0) is 6.54 Å². The summed E-state index contributed by atoms with van der Waals surface area (Å²) in [5.74, 6) is 0.589. The average molecular weight is 229 g/mol. The number of aliphatic hydroxyl groups is 1. The quantitative estimate of drug-likeness (QED) is 0.684. The molecular weight excluding hydrogens is 217 g/mol. The summed E-state index contributed by atoms with van der Waals surface area (Å²) in [6.07, 6.45) is 0. The monoisotopic (exact) mass is 229 g/mol. The van der Waals surface area contributed by atoms with Crippen LogP contribution >= 0.6 is 0 Å². The Hall–Kier alpha value is -1.69. The molecule has 0 amide bonds. The molecule has 0 saturated carbocycles. The van der Waals surface area contributed by atoms with Crippen LogP contribution in [0.25, 0.3) is 11.0 Å². The maximum Gasteiger partial charge on any atom is 0.245 e. The van der Waals surface area contributed by atoms with Gasteiger partial charge in [-0.2, -0.15) is 0 Å². The van der Waals surface area contributed by atoms with Crippen molar-refractivity contribution in [3.8, 4) is 0 Å². The third-order valence-corrected chi connectivity index (χ3v) is 2.60. The molecule has 17 heavy (non-hydrogen) atoms. The number of aromatic nitrogens is 3. The largest absolute Gasteiger partial charge is 0.395 e. The molecule has 0 unspecified atom stereocenters. The normalized spacial score (nSPS) is 11.0. The predicted octanol–water partition coefficient (Wildman–Crippen LogP) is -0.806. The van der Waals surface area contributed by atoms with Gasteiger partial charge >= 0.3 is 0 Å². The van der Waals surface area contributed by atoms with Crippen molar-refractivity contribution in [1.82, 2.24) is 14.5 Å². The molecule has 2 rings (SSSR count). The van der Waals surface area contributed by atoms with Crippen LogP contribution in [0.1, 0.15) is 11.5 Å². The molecule has 0 spiro atoms. The summed E-state index contributed by atoms with van der Waals surface area (Å²) < 4.78 is 1.38. The topological polar surface area (TPSA) is 68.0 Å². The summed E-state index contributed by atoms with van der Waals surface area (Å²) >= 11 is 0. The van der Waals surface area contributed by atoms with Crippen LogP contribution in [-0.4, -0.2) is 34.1 Å². The summed E-state index contributed by atoms with van der Waals surface area (Å²) in [5.41, 5.74) is 1.10. The minimum Gasteiger partial charge on any atom is -0.395 e. The van der Waals surface area contributed by atoms with E-state index in [4.69, 9.17) is 13.0 Å². The second-order valence-corrected chi connectivity index (χ2v) is 3.87. The first-order valence-electron chi connectivity index (χ1n) is 5.29. The molecule has 0 aromatic carbocycles. The molecule has 0 fully saturated rings. The zero-order valence-corrected chi connectivity index (χ0v) is 9.77. The Kier molecular flexibility index (Phi) is 2.98. The predicted molar refractivity (Wildman–Crippen MR) is 65.7 cm³/mol. The van der Waals surface area contributed by atoms with Gasteiger partial charge in [-0.15, -0.1) is 0 Å². The van der Waals surface area contributed by atoms with Crippen LogP contribution in [0.2, 0.25) is 0 Å². The first kappa shape index (κ1) is 11.8. The molecule has 0 aliphatic carbocycles. The molecule has 0 aliphatic heterocycles. The summed E-state index contributed by atoms with van der Waals surface area (Å²) in [7, 11) is 5.65. The molecule has 2 heterocycles. The second kappa shape index (κ2) is 4.29. The smallest absolute Gasteiger partial charge is 0.245 e. The third kappa shape index (κ3) is 1.96. The molecule has 0 atom stereocenters. The Morgan fingerprint density at radius 1 is 1.41 bits per heavy atom. The fourth-order valence-corrected chi connectivity index (χ4v) is 1.85. The highest BCUT2D eigenvalue weighted by atomic mass is 16.3. The van der Waals surface area contributed by atoms with Crippen molar-refractivity contribution in [2.75, 3.05) is 6.61 Å². The highest BCUT2D eigenvalue weighted by Gasteiger charge is 2.10. The van der Waals surface area contributed by atoms with E-state index < -0.39 is 0 Å². The van der Waals surface area contributed by atoms with Crippen LogP contribution in [0.3, 0.4) is 0 Å². The van der Waals surface area contributed by atoms with Gasteiger partial charge in [0.1, 0.15) is 19.3 Å². The third-order valence-electron chi connectivity index (χ3n) is 2.60. The lowest BCUT2D eigenvalue weighted by Gasteiger charge is -2.11. The Balaban J connectivity index is 2.92. The van der Waals surface area contributed by atoms with E-state index >= 15 is 0 Å². The second-order valence-electron chi connectivity index (χ2n) is 3.87. The van der Waals surface area contributed by atoms with Gasteiger partial charge in [-0.25, -0.2) is 9.97 Å². The maximum absolute atomic E-state index is 11.9. The Labute approximate surface area is 99.5 Å². The lowest BCUT2D eigenvalue weighted by Crippen LogP contribution is -2.36. The van der Waals surface area contributed by atoms with E-state index in [0.717, 1.165) is 11.1 Å². The van der Waals surface area contributed by atoms with Crippen molar-refractivity contribution in [2.24, 2.45) is 0 Å². The minimum atomic E-state index is -0.330. The van der Waals surface area contributed by atoms with E-state index in [2.05, 4.69) is 9.97 Å². The number of rotatable bonds is 2. The highest BCUT2D eigenvalue weighted by molar-refractivity contribution is 6.32. The van der Waals surface area contributed by atoms with Crippen molar-refractivity contribution in [2.45, 2.75) is 20.4 Å². The first-order chi connectivity index (χ1) is 8.04. The van der Waals surface area contributed by atoms with Crippen molar-refractivity contribution in [1.29, 1.82) is 0 Å². The molecule has 0 saturated heterocycles. The SMILES string of the molecule is [B]c1cc2c(C)nc(C)nc2n(CCO)c1=O. The van der Waals surface area contributed by atoms with Gasteiger partial charge < -0.3 is 5.11 Å². The Morgan fingerprint density at radius 3 is 2.76 bits per heavy atom. The summed E-state index contributed by atoms with van der Waals surface area (Å²) in [6, 6.07) is 1.58. The highest BCUT2D eigenvalue weighted by Crippen LogP contribution is 2.12. The Morgan fingerprint density at radius 2 is 2.12 bits per heavy atom. The molecule has 1 N–H and O–H groups in total. The number of fused-ring (bicyclic) bond motifs is 1. The molecule has 0 bridgehead atoms. The number of hydrogen-bond donors (Lipinski definition) is 1. The maximum atomic E-state index is 11.9. The minimum absolute atomic E-state index is 0.138. The fourth-order valence-electron chi connectivity index (χ4n) is 1.85. The number of pyridine rings is 1. The van der Waals surface area contributed by atoms with Gasteiger partial charge in [-0.1, -0.05) is 6.07 Å². The molecule has 86 valence electrons. The average Bonchev–Trinajstić information content (AvgIpc) is 2.26. The lowest BCUT2D eigenvalue weighted by atomic mass is 9.96. The summed E-state index contributed by atoms with van der Waals surface area (Å²) in [4.78, 5) is 20.3. The van der Waals surface area contributed by atoms with E-state index in [9.17, 15) is 4.79 Å². The fraction of sp³-hybridized carbons (Fsp3) is 0.364. The summed E-state index contributed by atoms with van der Waals surface area (Å²) in [6.45, 7) is 3.64. The van der Waals surface area contributed by atoms with Crippen molar-refractivity contribution < 1.29 is 5.11 Å². The standard InChI is InChI=1S/C11H12BN3O2/c1-6-8-5-9(12)11(17)15(3-4-16)10(8)14-7(2)13-6/h5,16H,3-4H2,1-2H3. The van der Waals surface area contributed by atoms with Gasteiger partial charge in [-0.3, -0.25) is 9.36 Å². The van der Waals surface area contributed by atoms with E-state index in [-0.39, 0.29) is 24.2 Å². The zero-order chi connectivity index (χ0) is 12.6. The van der Waals surface area contributed by atoms with Gasteiger partial charge in [0.15, 0.2) is 0 Å². The van der Waals surface area contributed by atoms with Crippen molar-refractivity contribution >= 4 is 24.3 Å². The number of hydrogen-bond acceptors (Lipinski definition) is 4. The van der Waals surface area contributed by atoms with Crippen LogP contribution in [0.5, 0.6) is 0 Å². The number of aliphatic hydroxyl groups excluding tert-OH is 1. The molecule has 2 radical (unpaired) electrons. The van der Waals surface area contributed by atoms with Gasteiger partial charge in [0.2, 0.25) is 5.56 Å². The molecule has 0 aliphatic rings. The number of aryl methyl sites for hydroxylation is 2. The summed E-state index contributed by atoms with van der Waals surface area (Å²) in [5, 5.41) is 9.73. The molecule has 2 aromatic rings. The molecular formula is C11H12BN3O2. The van der Waals surface area contributed by atoms with E-state index in [1.54, 1.807) is 13.0 Å². The molecule has 2 aromatic heterocycles. The van der Waals surface area contributed by atoms with Crippen molar-refractivity contribution in [3.63, 3.8) is 0 Å². The molecule has 6 heteroatoms. The van der Waals surface area contributed by atoms with E-state index in [0.29, 0.717) is 11.5 Å². The first-order valence-corrected chi connectivity index (χ1v) is 5.29. The van der Waals surface area contributed by atoms with Gasteiger partial charge in [0.25, 0.3) is 0 Å². The van der Waals surface area contributed by atoms with Crippen LogP contribution < -0.4 is 11.0 Å². The van der Waals surface area contributed by atoms with Crippen LogP contribution in [0, 0.1) is 13.8 Å². The van der Waals surface area contributed by atoms with Crippen LogP contribution in [0.4, 0.5) is 0 Å². The molecule has 5 nitrogen and oxygen atoms in total. The van der Waals surface area contributed by atoms with E-state index in [1.165, 1.54) is 4.57 Å². The number of nitrogens with zero attached hydrogens (tertiary/aromatic N) is 3.